The van der Waals surface area contributed by atoms with Gasteiger partial charge >= 0.3 is 0 Å². The summed E-state index contributed by atoms with van der Waals surface area (Å²) >= 11 is 0. The minimum Gasteiger partial charge on any atom is -0.497 e. The normalized spacial score (nSPS) is 12.4. The highest BCUT2D eigenvalue weighted by atomic mass is 16.5. The topological polar surface area (TPSA) is 47.3 Å². The summed E-state index contributed by atoms with van der Waals surface area (Å²) in [5.41, 5.74) is 10.2. The highest BCUT2D eigenvalue weighted by Gasteiger charge is 2.12. The molecule has 3 heteroatoms. The maximum absolute atomic E-state index is 6.36. The first-order valence-corrected chi connectivity index (χ1v) is 7.80. The van der Waals surface area contributed by atoms with Crippen molar-refractivity contribution in [2.45, 2.75) is 32.4 Å². The van der Waals surface area contributed by atoms with Crippen LogP contribution in [0.5, 0.6) is 5.75 Å². The van der Waals surface area contributed by atoms with Gasteiger partial charge in [-0.05, 0) is 34.7 Å². The zero-order chi connectivity index (χ0) is 15.9. The number of hydrogen-bond acceptors (Lipinski definition) is 3. The first-order valence-electron chi connectivity index (χ1n) is 7.80. The van der Waals surface area contributed by atoms with Crippen molar-refractivity contribution in [2.75, 3.05) is 13.7 Å². The van der Waals surface area contributed by atoms with Gasteiger partial charge in [-0.2, -0.15) is 0 Å². The molecule has 0 amide bonds. The molecule has 1 atom stereocenters. The van der Waals surface area contributed by atoms with Crippen molar-refractivity contribution in [3.8, 4) is 5.75 Å². The first-order chi connectivity index (χ1) is 10.6. The average molecular weight is 298 g/mol. The van der Waals surface area contributed by atoms with Crippen molar-refractivity contribution >= 4 is 0 Å². The molecule has 0 aliphatic heterocycles. The van der Waals surface area contributed by atoms with Crippen LogP contribution >= 0.6 is 0 Å². The van der Waals surface area contributed by atoms with Crippen LogP contribution in [0.3, 0.4) is 0 Å². The molecule has 0 aromatic heterocycles. The van der Waals surface area contributed by atoms with E-state index >= 15 is 0 Å². The molecular weight excluding hydrogens is 272 g/mol. The third kappa shape index (κ3) is 4.33. The second-order valence-corrected chi connectivity index (χ2v) is 5.87. The highest BCUT2D eigenvalue weighted by molar-refractivity contribution is 5.32. The Morgan fingerprint density at radius 1 is 1.00 bits per heavy atom. The van der Waals surface area contributed by atoms with E-state index in [1.807, 2.05) is 12.1 Å². The zero-order valence-electron chi connectivity index (χ0n) is 13.7. The van der Waals surface area contributed by atoms with E-state index in [1.165, 1.54) is 16.7 Å². The van der Waals surface area contributed by atoms with Crippen LogP contribution in [-0.2, 0) is 6.54 Å². The van der Waals surface area contributed by atoms with E-state index in [2.05, 4.69) is 55.6 Å². The Kier molecular flexibility index (Phi) is 5.99. The standard InChI is InChI=1S/C19H26N2O/c1-14(2)17-6-4-5-7-18(17)19(20)13-21-12-15-8-10-16(22-3)11-9-15/h4-11,14,19,21H,12-13,20H2,1-3H3/t19-/m0/s1. The van der Waals surface area contributed by atoms with Crippen LogP contribution in [0.1, 0.15) is 42.5 Å². The molecule has 2 rings (SSSR count). The van der Waals surface area contributed by atoms with Gasteiger partial charge in [-0.1, -0.05) is 50.2 Å². The van der Waals surface area contributed by atoms with E-state index < -0.39 is 0 Å². The summed E-state index contributed by atoms with van der Waals surface area (Å²) in [5, 5.41) is 3.44. The molecule has 0 fully saturated rings. The summed E-state index contributed by atoms with van der Waals surface area (Å²) < 4.78 is 5.16. The van der Waals surface area contributed by atoms with Crippen molar-refractivity contribution in [3.63, 3.8) is 0 Å². The van der Waals surface area contributed by atoms with Crippen LogP contribution in [0.2, 0.25) is 0 Å². The molecule has 0 radical (unpaired) electrons. The highest BCUT2D eigenvalue weighted by Crippen LogP contribution is 2.23. The van der Waals surface area contributed by atoms with Gasteiger partial charge in [-0.25, -0.2) is 0 Å². The van der Waals surface area contributed by atoms with Crippen molar-refractivity contribution in [1.82, 2.24) is 5.32 Å². The van der Waals surface area contributed by atoms with Gasteiger partial charge in [-0.3, -0.25) is 0 Å². The SMILES string of the molecule is COc1ccc(CNC[C@H](N)c2ccccc2C(C)C)cc1. The molecule has 0 saturated heterocycles. The third-order valence-corrected chi connectivity index (χ3v) is 3.87. The fourth-order valence-electron chi connectivity index (χ4n) is 2.60. The molecule has 0 bridgehead atoms. The lowest BCUT2D eigenvalue weighted by molar-refractivity contribution is 0.414. The number of benzene rings is 2. The maximum atomic E-state index is 6.36. The molecule has 2 aromatic rings. The van der Waals surface area contributed by atoms with Gasteiger partial charge in [0, 0.05) is 19.1 Å². The average Bonchev–Trinajstić information content (AvgIpc) is 2.55. The summed E-state index contributed by atoms with van der Waals surface area (Å²) in [4.78, 5) is 0. The summed E-state index contributed by atoms with van der Waals surface area (Å²) in [5.74, 6) is 1.37. The van der Waals surface area contributed by atoms with Crippen LogP contribution in [0.4, 0.5) is 0 Å². The van der Waals surface area contributed by atoms with Crippen LogP contribution in [0, 0.1) is 0 Å². The van der Waals surface area contributed by atoms with Gasteiger partial charge in [0.2, 0.25) is 0 Å². The van der Waals surface area contributed by atoms with Gasteiger partial charge in [0.15, 0.2) is 0 Å². The lowest BCUT2D eigenvalue weighted by atomic mass is 9.93. The minimum absolute atomic E-state index is 0.0110. The molecule has 3 nitrogen and oxygen atoms in total. The molecule has 0 aliphatic carbocycles. The van der Waals surface area contributed by atoms with Gasteiger partial charge in [0.05, 0.1) is 7.11 Å². The van der Waals surface area contributed by atoms with Crippen LogP contribution in [-0.4, -0.2) is 13.7 Å². The second-order valence-electron chi connectivity index (χ2n) is 5.87. The molecular formula is C19H26N2O. The van der Waals surface area contributed by atoms with Crippen molar-refractivity contribution in [1.29, 1.82) is 0 Å². The van der Waals surface area contributed by atoms with Crippen molar-refractivity contribution < 1.29 is 4.74 Å². The number of nitrogens with two attached hydrogens (primary N) is 1. The van der Waals surface area contributed by atoms with Gasteiger partial charge in [-0.15, -0.1) is 0 Å². The fourth-order valence-corrected chi connectivity index (χ4v) is 2.60. The van der Waals surface area contributed by atoms with Gasteiger partial charge in [0.1, 0.15) is 5.75 Å². The Labute approximate surface area is 133 Å². The quantitative estimate of drug-likeness (QED) is 0.821. The number of hydrogen-bond donors (Lipinski definition) is 2. The molecule has 3 N–H and O–H groups in total. The Morgan fingerprint density at radius 3 is 2.23 bits per heavy atom. The molecule has 0 heterocycles. The predicted octanol–water partition coefficient (Wildman–Crippen LogP) is 3.61. The Hall–Kier alpha value is -1.84. The lowest BCUT2D eigenvalue weighted by Gasteiger charge is -2.19. The molecule has 0 saturated carbocycles. The Morgan fingerprint density at radius 2 is 1.64 bits per heavy atom. The molecule has 118 valence electrons. The zero-order valence-corrected chi connectivity index (χ0v) is 13.7. The molecule has 0 aliphatic rings. The minimum atomic E-state index is 0.0110. The van der Waals surface area contributed by atoms with E-state index in [9.17, 15) is 0 Å². The predicted molar refractivity (Wildman–Crippen MR) is 92.2 cm³/mol. The van der Waals surface area contributed by atoms with E-state index in [0.29, 0.717) is 5.92 Å². The third-order valence-electron chi connectivity index (χ3n) is 3.87. The molecule has 22 heavy (non-hydrogen) atoms. The van der Waals surface area contributed by atoms with Crippen molar-refractivity contribution in [2.24, 2.45) is 5.73 Å². The smallest absolute Gasteiger partial charge is 0.118 e. The van der Waals surface area contributed by atoms with Gasteiger partial charge in [0.25, 0.3) is 0 Å². The summed E-state index contributed by atoms with van der Waals surface area (Å²) in [6.07, 6.45) is 0. The second kappa shape index (κ2) is 7.97. The van der Waals surface area contributed by atoms with Crippen LogP contribution in [0.15, 0.2) is 48.5 Å². The number of nitrogens with one attached hydrogen (secondary N) is 1. The van der Waals surface area contributed by atoms with E-state index in [4.69, 9.17) is 10.5 Å². The van der Waals surface area contributed by atoms with Crippen LogP contribution < -0.4 is 15.8 Å². The van der Waals surface area contributed by atoms with E-state index in [-0.39, 0.29) is 6.04 Å². The summed E-state index contributed by atoms with van der Waals surface area (Å²) in [6.45, 7) is 5.98. The number of ether oxygens (including phenoxy) is 1. The van der Waals surface area contributed by atoms with Crippen LogP contribution in [0.25, 0.3) is 0 Å². The maximum Gasteiger partial charge on any atom is 0.118 e. The Balaban J connectivity index is 1.91. The van der Waals surface area contributed by atoms with Gasteiger partial charge < -0.3 is 15.8 Å². The molecule has 2 aromatic carbocycles. The van der Waals surface area contributed by atoms with Crippen molar-refractivity contribution in [3.05, 3.63) is 65.2 Å². The van der Waals surface area contributed by atoms with E-state index in [1.54, 1.807) is 7.11 Å². The van der Waals surface area contributed by atoms with E-state index in [0.717, 1.165) is 18.8 Å². The number of methoxy groups -OCH3 is 1. The summed E-state index contributed by atoms with van der Waals surface area (Å²) in [7, 11) is 1.68. The lowest BCUT2D eigenvalue weighted by Crippen LogP contribution is -2.27. The Bertz CT molecular complexity index is 578. The summed E-state index contributed by atoms with van der Waals surface area (Å²) in [6, 6.07) is 16.5. The largest absolute Gasteiger partial charge is 0.497 e. The molecule has 0 unspecified atom stereocenters. The first kappa shape index (κ1) is 16.5. The number of rotatable bonds is 7. The monoisotopic (exact) mass is 298 g/mol. The fraction of sp³-hybridized carbons (Fsp3) is 0.368. The molecule has 0 spiro atoms.